The minimum Gasteiger partial charge on any atom is -0.363 e. The number of hydrogen-bond acceptors (Lipinski definition) is 2. The van der Waals surface area contributed by atoms with Gasteiger partial charge in [0.25, 0.3) is 0 Å². The zero-order valence-corrected chi connectivity index (χ0v) is 7.63. The molecule has 1 atom stereocenters. The molecule has 0 bridgehead atoms. The van der Waals surface area contributed by atoms with Crippen molar-refractivity contribution in [1.29, 1.82) is 5.26 Å². The molecule has 1 unspecified atom stereocenters. The fraction of sp³-hybridized carbons (Fsp3) is 0.889. The largest absolute Gasteiger partial charge is 0.363 e. The average Bonchev–Trinajstić information content (AvgIpc) is 1.97. The fourth-order valence-electron chi connectivity index (χ4n) is 0.733. The molecule has 64 valence electrons. The summed E-state index contributed by atoms with van der Waals surface area (Å²) in [4.78, 5) is 0. The summed E-state index contributed by atoms with van der Waals surface area (Å²) < 4.78 is 5.33. The minimum absolute atomic E-state index is 0.221. The first-order chi connectivity index (χ1) is 5.22. The van der Waals surface area contributed by atoms with E-state index in [1.807, 2.05) is 13.8 Å². The fourth-order valence-corrected chi connectivity index (χ4v) is 0.733. The predicted molar refractivity (Wildman–Crippen MR) is 45.1 cm³/mol. The van der Waals surface area contributed by atoms with E-state index in [-0.39, 0.29) is 6.10 Å². The standard InChI is InChI=1S/C9H17NO/c1-4-5-6-11-9(7-10)8(2)3/h8-9H,4-6H2,1-3H3. The summed E-state index contributed by atoms with van der Waals surface area (Å²) in [5, 5.41) is 8.62. The lowest BCUT2D eigenvalue weighted by Crippen LogP contribution is -2.17. The molecule has 11 heavy (non-hydrogen) atoms. The Bertz CT molecular complexity index is 126. The van der Waals surface area contributed by atoms with E-state index in [0.29, 0.717) is 12.5 Å². The van der Waals surface area contributed by atoms with Crippen LogP contribution < -0.4 is 0 Å². The van der Waals surface area contributed by atoms with Gasteiger partial charge in [0.1, 0.15) is 6.10 Å². The molecule has 0 saturated heterocycles. The summed E-state index contributed by atoms with van der Waals surface area (Å²) in [7, 11) is 0. The first-order valence-electron chi connectivity index (χ1n) is 4.23. The maximum Gasteiger partial charge on any atom is 0.146 e. The zero-order valence-electron chi connectivity index (χ0n) is 7.63. The number of unbranched alkanes of at least 4 members (excludes halogenated alkanes) is 1. The molecule has 0 fully saturated rings. The van der Waals surface area contributed by atoms with E-state index < -0.39 is 0 Å². The van der Waals surface area contributed by atoms with Crippen LogP contribution in [0, 0.1) is 17.2 Å². The van der Waals surface area contributed by atoms with E-state index in [0.717, 1.165) is 12.8 Å². The van der Waals surface area contributed by atoms with Gasteiger partial charge in [-0.05, 0) is 12.3 Å². The first-order valence-corrected chi connectivity index (χ1v) is 4.23. The van der Waals surface area contributed by atoms with Gasteiger partial charge >= 0.3 is 0 Å². The van der Waals surface area contributed by atoms with Crippen molar-refractivity contribution in [3.05, 3.63) is 0 Å². The van der Waals surface area contributed by atoms with Crippen LogP contribution in [0.15, 0.2) is 0 Å². The van der Waals surface area contributed by atoms with Gasteiger partial charge in [-0.25, -0.2) is 0 Å². The van der Waals surface area contributed by atoms with Crippen LogP contribution in [-0.2, 0) is 4.74 Å². The molecule has 0 saturated carbocycles. The van der Waals surface area contributed by atoms with Gasteiger partial charge in [0.2, 0.25) is 0 Å². The molecule has 0 rings (SSSR count). The second kappa shape index (κ2) is 6.18. The van der Waals surface area contributed by atoms with E-state index in [1.165, 1.54) is 0 Å². The minimum atomic E-state index is -0.221. The molecular weight excluding hydrogens is 138 g/mol. The van der Waals surface area contributed by atoms with Crippen molar-refractivity contribution in [3.63, 3.8) is 0 Å². The van der Waals surface area contributed by atoms with Crippen LogP contribution in [0.1, 0.15) is 33.6 Å². The zero-order chi connectivity index (χ0) is 8.69. The predicted octanol–water partition coefficient (Wildman–Crippen LogP) is 2.35. The number of nitriles is 1. The number of rotatable bonds is 5. The lowest BCUT2D eigenvalue weighted by molar-refractivity contribution is 0.0584. The number of hydrogen-bond donors (Lipinski definition) is 0. The van der Waals surface area contributed by atoms with E-state index in [9.17, 15) is 0 Å². The molecule has 0 amide bonds. The van der Waals surface area contributed by atoms with E-state index >= 15 is 0 Å². The van der Waals surface area contributed by atoms with Crippen molar-refractivity contribution >= 4 is 0 Å². The van der Waals surface area contributed by atoms with Crippen molar-refractivity contribution in [3.8, 4) is 6.07 Å². The van der Waals surface area contributed by atoms with Crippen molar-refractivity contribution in [2.24, 2.45) is 5.92 Å². The molecule has 0 aliphatic rings. The molecule has 0 aromatic rings. The SMILES string of the molecule is CCCCOC(C#N)C(C)C. The van der Waals surface area contributed by atoms with E-state index in [2.05, 4.69) is 13.0 Å². The van der Waals surface area contributed by atoms with Gasteiger partial charge in [-0.15, -0.1) is 0 Å². The molecule has 2 nitrogen and oxygen atoms in total. The average molecular weight is 155 g/mol. The van der Waals surface area contributed by atoms with Crippen LogP contribution in [0.4, 0.5) is 0 Å². The maximum absolute atomic E-state index is 8.62. The Morgan fingerprint density at radius 1 is 1.45 bits per heavy atom. The summed E-state index contributed by atoms with van der Waals surface area (Å²) in [5.74, 6) is 0.303. The summed E-state index contributed by atoms with van der Waals surface area (Å²) in [5.41, 5.74) is 0. The van der Waals surface area contributed by atoms with Gasteiger partial charge in [0.15, 0.2) is 0 Å². The van der Waals surface area contributed by atoms with Crippen molar-refractivity contribution in [2.45, 2.75) is 39.7 Å². The van der Waals surface area contributed by atoms with Crippen LogP contribution >= 0.6 is 0 Å². The van der Waals surface area contributed by atoms with Crippen LogP contribution in [0.2, 0.25) is 0 Å². The van der Waals surface area contributed by atoms with Gasteiger partial charge in [0, 0.05) is 6.61 Å². The summed E-state index contributed by atoms with van der Waals surface area (Å²) in [6.07, 6.45) is 1.95. The Balaban J connectivity index is 3.47. The Hall–Kier alpha value is -0.550. The highest BCUT2D eigenvalue weighted by atomic mass is 16.5. The molecular formula is C9H17NO. The van der Waals surface area contributed by atoms with Crippen molar-refractivity contribution in [1.82, 2.24) is 0 Å². The third-order valence-corrected chi connectivity index (χ3v) is 1.53. The molecule has 0 heterocycles. The van der Waals surface area contributed by atoms with Crippen LogP contribution in [-0.4, -0.2) is 12.7 Å². The highest BCUT2D eigenvalue weighted by Gasteiger charge is 2.11. The Morgan fingerprint density at radius 3 is 2.45 bits per heavy atom. The monoisotopic (exact) mass is 155 g/mol. The molecule has 0 radical (unpaired) electrons. The third-order valence-electron chi connectivity index (χ3n) is 1.53. The third kappa shape index (κ3) is 4.80. The topological polar surface area (TPSA) is 33.0 Å². The van der Waals surface area contributed by atoms with Gasteiger partial charge in [-0.2, -0.15) is 5.26 Å². The van der Waals surface area contributed by atoms with Crippen LogP contribution in [0.25, 0.3) is 0 Å². The Kier molecular flexibility index (Phi) is 5.87. The number of ether oxygens (including phenoxy) is 1. The van der Waals surface area contributed by atoms with E-state index in [1.54, 1.807) is 0 Å². The summed E-state index contributed by atoms with van der Waals surface area (Å²) in [6, 6.07) is 2.14. The molecule has 0 spiro atoms. The lowest BCUT2D eigenvalue weighted by atomic mass is 10.1. The normalized spacial score (nSPS) is 13.0. The molecule has 0 N–H and O–H groups in total. The second-order valence-electron chi connectivity index (χ2n) is 3.02. The van der Waals surface area contributed by atoms with E-state index in [4.69, 9.17) is 10.00 Å². The molecule has 0 aliphatic carbocycles. The summed E-state index contributed by atoms with van der Waals surface area (Å²) >= 11 is 0. The molecule has 0 aromatic heterocycles. The van der Waals surface area contributed by atoms with Crippen molar-refractivity contribution < 1.29 is 4.74 Å². The Morgan fingerprint density at radius 2 is 2.09 bits per heavy atom. The van der Waals surface area contributed by atoms with Crippen LogP contribution in [0.3, 0.4) is 0 Å². The molecule has 2 heteroatoms. The quantitative estimate of drug-likeness (QED) is 0.571. The number of nitrogens with zero attached hydrogens (tertiary/aromatic N) is 1. The highest BCUT2D eigenvalue weighted by Crippen LogP contribution is 2.05. The van der Waals surface area contributed by atoms with Crippen LogP contribution in [0.5, 0.6) is 0 Å². The maximum atomic E-state index is 8.62. The van der Waals surface area contributed by atoms with Gasteiger partial charge in [-0.3, -0.25) is 0 Å². The van der Waals surface area contributed by atoms with Gasteiger partial charge in [-0.1, -0.05) is 27.2 Å². The summed E-state index contributed by atoms with van der Waals surface area (Å²) in [6.45, 7) is 6.83. The molecule has 0 aliphatic heterocycles. The van der Waals surface area contributed by atoms with Gasteiger partial charge < -0.3 is 4.74 Å². The second-order valence-corrected chi connectivity index (χ2v) is 3.02. The molecule has 0 aromatic carbocycles. The smallest absolute Gasteiger partial charge is 0.146 e. The first kappa shape index (κ1) is 10.4. The van der Waals surface area contributed by atoms with Gasteiger partial charge in [0.05, 0.1) is 6.07 Å². The Labute approximate surface area is 69.2 Å². The lowest BCUT2D eigenvalue weighted by Gasteiger charge is -2.12. The highest BCUT2D eigenvalue weighted by molar-refractivity contribution is 4.86. The van der Waals surface area contributed by atoms with Crippen molar-refractivity contribution in [2.75, 3.05) is 6.61 Å².